The van der Waals surface area contributed by atoms with Gasteiger partial charge in [0, 0.05) is 12.0 Å². The number of carbonyl (C=O) groups is 1. The Morgan fingerprint density at radius 2 is 1.74 bits per heavy atom. The molecule has 1 unspecified atom stereocenters. The summed E-state index contributed by atoms with van der Waals surface area (Å²) in [5, 5.41) is 2.91. The van der Waals surface area contributed by atoms with Gasteiger partial charge in [-0.05, 0) is 40.5 Å². The van der Waals surface area contributed by atoms with Crippen molar-refractivity contribution in [2.45, 2.75) is 18.3 Å². The number of benzene rings is 2. The van der Waals surface area contributed by atoms with E-state index in [0.717, 1.165) is 29.4 Å². The van der Waals surface area contributed by atoms with Crippen molar-refractivity contribution in [2.75, 3.05) is 18.1 Å². The highest BCUT2D eigenvalue weighted by atomic mass is 127. The molecule has 0 aliphatic heterocycles. The largest absolute Gasteiger partial charge is 0.497 e. The van der Waals surface area contributed by atoms with Gasteiger partial charge in [-0.15, -0.1) is 0 Å². The fourth-order valence-corrected chi connectivity index (χ4v) is 3.38. The molecular weight excluding hydrogens is 401 g/mol. The van der Waals surface area contributed by atoms with Gasteiger partial charge in [0.05, 0.1) is 7.11 Å². The third-order valence-electron chi connectivity index (χ3n) is 4.19. The second-order valence-electron chi connectivity index (χ2n) is 5.47. The Balaban J connectivity index is 2.51. The van der Waals surface area contributed by atoms with Crippen LogP contribution < -0.4 is 10.1 Å². The second kappa shape index (κ2) is 8.91. The Morgan fingerprint density at radius 3 is 2.30 bits per heavy atom. The van der Waals surface area contributed by atoms with Gasteiger partial charge >= 0.3 is 0 Å². The van der Waals surface area contributed by atoms with E-state index in [2.05, 4.69) is 64.3 Å². The number of halogens is 1. The van der Waals surface area contributed by atoms with Crippen LogP contribution in [0, 0.1) is 0 Å². The molecule has 2 aromatic carbocycles. The first-order chi connectivity index (χ1) is 11.3. The van der Waals surface area contributed by atoms with Crippen molar-refractivity contribution in [1.82, 2.24) is 5.32 Å². The number of amides is 1. The van der Waals surface area contributed by atoms with Gasteiger partial charge in [0.15, 0.2) is 0 Å². The minimum Gasteiger partial charge on any atom is -0.497 e. The van der Waals surface area contributed by atoms with Crippen molar-refractivity contribution in [2.24, 2.45) is 0 Å². The maximum atomic E-state index is 11.0. The lowest BCUT2D eigenvalue weighted by Gasteiger charge is -2.35. The molecule has 0 fully saturated rings. The van der Waals surface area contributed by atoms with E-state index >= 15 is 0 Å². The van der Waals surface area contributed by atoms with Gasteiger partial charge in [-0.1, -0.05) is 65.1 Å². The number of alkyl halides is 1. The van der Waals surface area contributed by atoms with E-state index < -0.39 is 0 Å². The molecule has 1 atom stereocenters. The van der Waals surface area contributed by atoms with Crippen molar-refractivity contribution >= 4 is 29.0 Å². The van der Waals surface area contributed by atoms with Crippen LogP contribution in [0.2, 0.25) is 0 Å². The third kappa shape index (κ3) is 4.25. The zero-order valence-corrected chi connectivity index (χ0v) is 15.5. The topological polar surface area (TPSA) is 38.3 Å². The summed E-state index contributed by atoms with van der Waals surface area (Å²) >= 11 is 2.41. The van der Waals surface area contributed by atoms with Crippen LogP contribution in [0.4, 0.5) is 0 Å². The van der Waals surface area contributed by atoms with Crippen molar-refractivity contribution < 1.29 is 9.53 Å². The van der Waals surface area contributed by atoms with Gasteiger partial charge in [0.1, 0.15) is 5.75 Å². The van der Waals surface area contributed by atoms with Crippen LogP contribution in [0.5, 0.6) is 5.75 Å². The highest BCUT2D eigenvalue weighted by Crippen LogP contribution is 2.37. The highest BCUT2D eigenvalue weighted by Gasteiger charge is 2.33. The average molecular weight is 423 g/mol. The van der Waals surface area contributed by atoms with Crippen LogP contribution in [0.3, 0.4) is 0 Å². The van der Waals surface area contributed by atoms with Crippen LogP contribution in [0.15, 0.2) is 54.6 Å². The van der Waals surface area contributed by atoms with Crippen molar-refractivity contribution in [3.63, 3.8) is 0 Å². The van der Waals surface area contributed by atoms with E-state index in [1.807, 2.05) is 18.2 Å². The number of ether oxygens (including phenoxy) is 1. The molecule has 4 heteroatoms. The molecule has 0 bridgehead atoms. The molecule has 122 valence electrons. The number of rotatable bonds is 9. The number of carbonyl (C=O) groups excluding carboxylic acids is 1. The molecule has 0 radical (unpaired) electrons. The molecule has 0 aliphatic carbocycles. The Morgan fingerprint density at radius 1 is 1.09 bits per heavy atom. The average Bonchev–Trinajstić information content (AvgIpc) is 2.63. The summed E-state index contributed by atoms with van der Waals surface area (Å²) in [7, 11) is 1.67. The van der Waals surface area contributed by atoms with Crippen molar-refractivity contribution in [3.05, 3.63) is 65.7 Å². The minimum atomic E-state index is -0.223. The first kappa shape index (κ1) is 17.8. The summed E-state index contributed by atoms with van der Waals surface area (Å²) in [6, 6.07) is 18.6. The van der Waals surface area contributed by atoms with E-state index in [1.165, 1.54) is 11.1 Å². The smallest absolute Gasteiger partial charge is 0.207 e. The zero-order chi connectivity index (χ0) is 16.5. The molecule has 0 spiro atoms. The van der Waals surface area contributed by atoms with Gasteiger partial charge < -0.3 is 10.1 Å². The SMILES string of the molecule is COc1ccc(C(CCCI)(CNC=O)c2ccccc2)cc1. The molecule has 1 amide bonds. The summed E-state index contributed by atoms with van der Waals surface area (Å²) in [6.45, 7) is 0.587. The summed E-state index contributed by atoms with van der Waals surface area (Å²) in [4.78, 5) is 11.0. The Hall–Kier alpha value is -1.56. The zero-order valence-electron chi connectivity index (χ0n) is 13.3. The predicted molar refractivity (Wildman–Crippen MR) is 102 cm³/mol. The minimum absolute atomic E-state index is 0.223. The fraction of sp³-hybridized carbons (Fsp3) is 0.316. The molecule has 3 nitrogen and oxygen atoms in total. The summed E-state index contributed by atoms with van der Waals surface area (Å²) in [5.41, 5.74) is 2.20. The molecule has 2 aromatic rings. The van der Waals surface area contributed by atoms with Gasteiger partial charge in [-0.25, -0.2) is 0 Å². The lowest BCUT2D eigenvalue weighted by atomic mass is 9.71. The molecule has 0 aliphatic rings. The number of nitrogens with one attached hydrogen (secondary N) is 1. The van der Waals surface area contributed by atoms with Gasteiger partial charge in [-0.2, -0.15) is 0 Å². The maximum Gasteiger partial charge on any atom is 0.207 e. The fourth-order valence-electron chi connectivity index (χ4n) is 3.00. The first-order valence-corrected chi connectivity index (χ1v) is 9.22. The number of methoxy groups -OCH3 is 1. The Kier molecular flexibility index (Phi) is 6.89. The van der Waals surface area contributed by atoms with E-state index in [1.54, 1.807) is 7.11 Å². The summed E-state index contributed by atoms with van der Waals surface area (Å²) in [6.07, 6.45) is 2.85. The molecule has 0 saturated carbocycles. The van der Waals surface area contributed by atoms with Crippen molar-refractivity contribution in [1.29, 1.82) is 0 Å². The van der Waals surface area contributed by atoms with Crippen LogP contribution in [-0.4, -0.2) is 24.5 Å². The van der Waals surface area contributed by atoms with Crippen LogP contribution in [-0.2, 0) is 10.2 Å². The highest BCUT2D eigenvalue weighted by molar-refractivity contribution is 14.1. The number of hydrogen-bond donors (Lipinski definition) is 1. The number of hydrogen-bond acceptors (Lipinski definition) is 2. The van der Waals surface area contributed by atoms with E-state index in [0.29, 0.717) is 6.54 Å². The van der Waals surface area contributed by atoms with E-state index in [9.17, 15) is 4.79 Å². The summed E-state index contributed by atoms with van der Waals surface area (Å²) < 4.78 is 6.36. The van der Waals surface area contributed by atoms with Gasteiger partial charge in [-0.3, -0.25) is 4.79 Å². The molecule has 23 heavy (non-hydrogen) atoms. The quantitative estimate of drug-likeness (QED) is 0.377. The normalized spacial score (nSPS) is 13.1. The second-order valence-corrected chi connectivity index (χ2v) is 6.55. The molecule has 0 aromatic heterocycles. The van der Waals surface area contributed by atoms with Gasteiger partial charge in [0.2, 0.25) is 6.41 Å². The first-order valence-electron chi connectivity index (χ1n) is 7.70. The molecule has 0 saturated heterocycles. The molecule has 2 rings (SSSR count). The molecule has 0 heterocycles. The maximum absolute atomic E-state index is 11.0. The molecule has 1 N–H and O–H groups in total. The van der Waals surface area contributed by atoms with Gasteiger partial charge in [0.25, 0.3) is 0 Å². The lowest BCUT2D eigenvalue weighted by Crippen LogP contribution is -2.39. The Labute approximate surface area is 151 Å². The molecular formula is C19H22INO2. The summed E-state index contributed by atoms with van der Waals surface area (Å²) in [5.74, 6) is 0.841. The third-order valence-corrected chi connectivity index (χ3v) is 4.96. The monoisotopic (exact) mass is 423 g/mol. The van der Waals surface area contributed by atoms with Crippen molar-refractivity contribution in [3.8, 4) is 5.75 Å². The predicted octanol–water partition coefficient (Wildman–Crippen LogP) is 3.94. The van der Waals surface area contributed by atoms with E-state index in [4.69, 9.17) is 4.74 Å². The van der Waals surface area contributed by atoms with Crippen LogP contribution in [0.25, 0.3) is 0 Å². The standard InChI is InChI=1S/C19H22INO2/c1-23-18-10-8-17(9-11-18)19(12-5-13-20,14-21-15-22)16-6-3-2-4-7-16/h2-4,6-11,15H,5,12-14H2,1H3,(H,21,22). The van der Waals surface area contributed by atoms with Crippen LogP contribution in [0.1, 0.15) is 24.0 Å². The lowest BCUT2D eigenvalue weighted by molar-refractivity contribution is -0.109. The van der Waals surface area contributed by atoms with E-state index in [-0.39, 0.29) is 5.41 Å². The van der Waals surface area contributed by atoms with Crippen LogP contribution >= 0.6 is 22.6 Å². The Bertz CT molecular complexity index is 601.